The predicted molar refractivity (Wildman–Crippen MR) is 130 cm³/mol. The van der Waals surface area contributed by atoms with Gasteiger partial charge in [-0.1, -0.05) is 52.3 Å². The van der Waals surface area contributed by atoms with Gasteiger partial charge in [0, 0.05) is 16.9 Å². The van der Waals surface area contributed by atoms with Crippen molar-refractivity contribution in [2.75, 3.05) is 24.3 Å². The summed E-state index contributed by atoms with van der Waals surface area (Å²) in [6.07, 6.45) is -0.658. The van der Waals surface area contributed by atoms with E-state index >= 15 is 0 Å². The molecule has 3 aromatic carbocycles. The standard InChI is InChI=1S/C25H24BrN3O4/c1-32-19-12-6-16(7-13-19)15-33-25(31)28-23-20(17-8-10-18(26)11-9-17)14-29(24(23)30)22-5-3-2-4-21(22)27/h2-13,20,23H,14-15,27H2,1H3,(H,28,31)/t20-,23-/m0/s1. The summed E-state index contributed by atoms with van der Waals surface area (Å²) < 4.78 is 11.5. The minimum absolute atomic E-state index is 0.0784. The first-order chi connectivity index (χ1) is 16.0. The molecule has 4 rings (SSSR count). The number of nitrogen functional groups attached to an aromatic ring is 1. The van der Waals surface area contributed by atoms with Crippen molar-refractivity contribution in [3.8, 4) is 5.75 Å². The Hall–Kier alpha value is -3.52. The molecule has 1 aliphatic heterocycles. The Morgan fingerprint density at radius 3 is 2.45 bits per heavy atom. The first-order valence-electron chi connectivity index (χ1n) is 10.4. The smallest absolute Gasteiger partial charge is 0.408 e. The monoisotopic (exact) mass is 509 g/mol. The molecule has 8 heteroatoms. The number of benzene rings is 3. The summed E-state index contributed by atoms with van der Waals surface area (Å²) in [5.74, 6) is 0.221. The van der Waals surface area contributed by atoms with Crippen LogP contribution in [0.2, 0.25) is 0 Å². The van der Waals surface area contributed by atoms with E-state index in [0.29, 0.717) is 17.9 Å². The van der Waals surface area contributed by atoms with E-state index in [4.69, 9.17) is 15.2 Å². The molecular weight excluding hydrogens is 486 g/mol. The molecule has 0 radical (unpaired) electrons. The van der Waals surface area contributed by atoms with Gasteiger partial charge in [0.15, 0.2) is 0 Å². The number of para-hydroxylation sites is 2. The highest BCUT2D eigenvalue weighted by Gasteiger charge is 2.43. The van der Waals surface area contributed by atoms with Gasteiger partial charge in [0.2, 0.25) is 5.91 Å². The molecule has 1 saturated heterocycles. The van der Waals surface area contributed by atoms with Crippen molar-refractivity contribution in [2.45, 2.75) is 18.6 Å². The van der Waals surface area contributed by atoms with Gasteiger partial charge in [-0.2, -0.15) is 0 Å². The molecule has 3 N–H and O–H groups in total. The van der Waals surface area contributed by atoms with Gasteiger partial charge in [0.25, 0.3) is 0 Å². The third kappa shape index (κ3) is 5.12. The normalized spacial score (nSPS) is 17.6. The quantitative estimate of drug-likeness (QED) is 0.478. The van der Waals surface area contributed by atoms with Crippen LogP contribution in [-0.2, 0) is 16.1 Å². The van der Waals surface area contributed by atoms with Gasteiger partial charge in [-0.05, 0) is 47.5 Å². The highest BCUT2D eigenvalue weighted by molar-refractivity contribution is 9.10. The summed E-state index contributed by atoms with van der Waals surface area (Å²) >= 11 is 3.44. The number of methoxy groups -OCH3 is 1. The lowest BCUT2D eigenvalue weighted by Crippen LogP contribution is -2.43. The second kappa shape index (κ2) is 9.95. The third-order valence-electron chi connectivity index (χ3n) is 5.64. The summed E-state index contributed by atoms with van der Waals surface area (Å²) in [7, 11) is 1.59. The Labute approximate surface area is 200 Å². The summed E-state index contributed by atoms with van der Waals surface area (Å²) in [5.41, 5.74) is 9.00. The number of carbonyl (C=O) groups excluding carboxylic acids is 2. The lowest BCUT2D eigenvalue weighted by Gasteiger charge is -2.19. The number of alkyl carbamates (subject to hydrolysis) is 1. The molecule has 170 valence electrons. The number of hydrogen-bond donors (Lipinski definition) is 2. The van der Waals surface area contributed by atoms with E-state index in [1.807, 2.05) is 48.5 Å². The van der Waals surface area contributed by atoms with Crippen LogP contribution < -0.4 is 20.7 Å². The van der Waals surface area contributed by atoms with E-state index in [2.05, 4.69) is 21.2 Å². The molecule has 0 unspecified atom stereocenters. The van der Waals surface area contributed by atoms with Gasteiger partial charge in [0.1, 0.15) is 18.4 Å². The number of amides is 2. The van der Waals surface area contributed by atoms with E-state index < -0.39 is 12.1 Å². The number of nitrogens with two attached hydrogens (primary N) is 1. The molecule has 0 spiro atoms. The fraction of sp³-hybridized carbons (Fsp3) is 0.200. The fourth-order valence-electron chi connectivity index (χ4n) is 3.89. The summed E-state index contributed by atoms with van der Waals surface area (Å²) in [6.45, 7) is 0.465. The van der Waals surface area contributed by atoms with Crippen molar-refractivity contribution in [3.05, 3.63) is 88.4 Å². The summed E-state index contributed by atoms with van der Waals surface area (Å²) in [5, 5.41) is 2.77. The van der Waals surface area contributed by atoms with Gasteiger partial charge in [0.05, 0.1) is 18.5 Å². The van der Waals surface area contributed by atoms with Crippen LogP contribution in [-0.4, -0.2) is 31.7 Å². The van der Waals surface area contributed by atoms with Crippen LogP contribution in [0.5, 0.6) is 5.75 Å². The first kappa shape index (κ1) is 22.7. The fourth-order valence-corrected chi connectivity index (χ4v) is 4.16. The maximum atomic E-state index is 13.4. The van der Waals surface area contributed by atoms with Crippen LogP contribution in [0.15, 0.2) is 77.3 Å². The van der Waals surface area contributed by atoms with E-state index in [-0.39, 0.29) is 18.4 Å². The van der Waals surface area contributed by atoms with Crippen LogP contribution in [0.25, 0.3) is 0 Å². The highest BCUT2D eigenvalue weighted by atomic mass is 79.9. The average molecular weight is 510 g/mol. The van der Waals surface area contributed by atoms with Crippen LogP contribution in [0.4, 0.5) is 16.2 Å². The zero-order valence-electron chi connectivity index (χ0n) is 18.0. The molecule has 1 aliphatic rings. The molecule has 7 nitrogen and oxygen atoms in total. The van der Waals surface area contributed by atoms with Crippen molar-refractivity contribution in [1.82, 2.24) is 5.32 Å². The summed E-state index contributed by atoms with van der Waals surface area (Å²) in [4.78, 5) is 27.6. The molecule has 3 aromatic rings. The zero-order valence-corrected chi connectivity index (χ0v) is 19.6. The van der Waals surface area contributed by atoms with Crippen molar-refractivity contribution in [2.24, 2.45) is 0 Å². The van der Waals surface area contributed by atoms with Gasteiger partial charge in [-0.3, -0.25) is 4.79 Å². The van der Waals surface area contributed by atoms with Crippen molar-refractivity contribution < 1.29 is 19.1 Å². The van der Waals surface area contributed by atoms with Crippen LogP contribution in [0.1, 0.15) is 17.0 Å². The largest absolute Gasteiger partial charge is 0.497 e. The first-order valence-corrected chi connectivity index (χ1v) is 11.2. The average Bonchev–Trinajstić information content (AvgIpc) is 3.14. The minimum Gasteiger partial charge on any atom is -0.497 e. The van der Waals surface area contributed by atoms with Crippen molar-refractivity contribution in [3.63, 3.8) is 0 Å². The lowest BCUT2D eigenvalue weighted by molar-refractivity contribution is -0.118. The maximum absolute atomic E-state index is 13.4. The number of halogens is 1. The van der Waals surface area contributed by atoms with E-state index in [1.54, 1.807) is 36.3 Å². The number of ether oxygens (including phenoxy) is 2. The van der Waals surface area contributed by atoms with E-state index in [9.17, 15) is 9.59 Å². The van der Waals surface area contributed by atoms with Crippen LogP contribution in [0, 0.1) is 0 Å². The highest BCUT2D eigenvalue weighted by Crippen LogP contribution is 2.35. The van der Waals surface area contributed by atoms with Crippen molar-refractivity contribution in [1.29, 1.82) is 0 Å². The minimum atomic E-state index is -0.783. The van der Waals surface area contributed by atoms with E-state index in [1.165, 1.54) is 0 Å². The number of nitrogens with zero attached hydrogens (tertiary/aromatic N) is 1. The van der Waals surface area contributed by atoms with Crippen LogP contribution >= 0.6 is 15.9 Å². The molecule has 0 bridgehead atoms. The number of anilines is 2. The Morgan fingerprint density at radius 1 is 1.09 bits per heavy atom. The molecule has 2 atom stereocenters. The lowest BCUT2D eigenvalue weighted by atomic mass is 9.94. The number of carbonyl (C=O) groups is 2. The van der Waals surface area contributed by atoms with Gasteiger partial charge in [-0.25, -0.2) is 4.79 Å². The molecule has 0 aromatic heterocycles. The molecule has 1 heterocycles. The number of hydrogen-bond acceptors (Lipinski definition) is 5. The van der Waals surface area contributed by atoms with Crippen LogP contribution in [0.3, 0.4) is 0 Å². The molecule has 0 saturated carbocycles. The SMILES string of the molecule is COc1ccc(COC(=O)N[C@@H]2C(=O)N(c3ccccc3N)C[C@H]2c2ccc(Br)cc2)cc1. The maximum Gasteiger partial charge on any atom is 0.408 e. The Kier molecular flexibility index (Phi) is 6.84. The zero-order chi connectivity index (χ0) is 23.4. The molecule has 2 amide bonds. The van der Waals surface area contributed by atoms with Gasteiger partial charge in [-0.15, -0.1) is 0 Å². The Balaban J connectivity index is 1.52. The molecule has 1 fully saturated rings. The Morgan fingerprint density at radius 2 is 1.79 bits per heavy atom. The second-order valence-corrected chi connectivity index (χ2v) is 8.63. The topological polar surface area (TPSA) is 93.9 Å². The van der Waals surface area contributed by atoms with Gasteiger partial charge < -0.3 is 25.4 Å². The molecule has 0 aliphatic carbocycles. The molecular formula is C25H24BrN3O4. The summed E-state index contributed by atoms with van der Waals surface area (Å²) in [6, 6.07) is 21.4. The Bertz CT molecular complexity index is 1140. The second-order valence-electron chi connectivity index (χ2n) is 7.71. The van der Waals surface area contributed by atoms with E-state index in [0.717, 1.165) is 21.3 Å². The number of nitrogens with one attached hydrogen (secondary N) is 1. The predicted octanol–water partition coefficient (Wildman–Crippen LogP) is 4.47. The number of rotatable bonds is 6. The third-order valence-corrected chi connectivity index (χ3v) is 6.17. The molecule has 33 heavy (non-hydrogen) atoms. The van der Waals surface area contributed by atoms with Gasteiger partial charge >= 0.3 is 6.09 Å². The van der Waals surface area contributed by atoms with Crippen molar-refractivity contribution >= 4 is 39.3 Å².